The van der Waals surface area contributed by atoms with E-state index in [0.29, 0.717) is 11.5 Å². The SMILES string of the molecule is CCCCC(CCC(C)C)OC(=O)c1ccc(C(=O)O)cc1. The zero-order valence-electron chi connectivity index (χ0n) is 13.7. The van der Waals surface area contributed by atoms with Crippen LogP contribution in [0.2, 0.25) is 0 Å². The molecule has 0 aliphatic carbocycles. The van der Waals surface area contributed by atoms with E-state index in [1.807, 2.05) is 0 Å². The van der Waals surface area contributed by atoms with Gasteiger partial charge in [-0.2, -0.15) is 0 Å². The maximum Gasteiger partial charge on any atom is 0.338 e. The molecule has 0 amide bonds. The van der Waals surface area contributed by atoms with Crippen molar-refractivity contribution in [3.63, 3.8) is 0 Å². The highest BCUT2D eigenvalue weighted by molar-refractivity contribution is 5.92. The van der Waals surface area contributed by atoms with Gasteiger partial charge in [-0.1, -0.05) is 33.6 Å². The zero-order valence-corrected chi connectivity index (χ0v) is 13.7. The number of carboxylic acid groups (broad SMARTS) is 1. The van der Waals surface area contributed by atoms with Crippen molar-refractivity contribution in [2.45, 2.75) is 59.0 Å². The van der Waals surface area contributed by atoms with Gasteiger partial charge in [-0.15, -0.1) is 0 Å². The molecule has 122 valence electrons. The maximum absolute atomic E-state index is 12.2. The van der Waals surface area contributed by atoms with Crippen molar-refractivity contribution in [1.29, 1.82) is 0 Å². The summed E-state index contributed by atoms with van der Waals surface area (Å²) in [5.74, 6) is -0.794. The number of ether oxygens (including phenoxy) is 1. The van der Waals surface area contributed by atoms with Crippen LogP contribution < -0.4 is 0 Å². The van der Waals surface area contributed by atoms with Crippen LogP contribution in [0.15, 0.2) is 24.3 Å². The van der Waals surface area contributed by atoms with Gasteiger partial charge in [-0.3, -0.25) is 0 Å². The molecule has 0 saturated heterocycles. The van der Waals surface area contributed by atoms with Gasteiger partial charge >= 0.3 is 11.9 Å². The highest BCUT2D eigenvalue weighted by Gasteiger charge is 2.16. The molecular weight excluding hydrogens is 280 g/mol. The molecule has 1 aromatic rings. The Kier molecular flexibility index (Phi) is 7.64. The van der Waals surface area contributed by atoms with E-state index in [1.165, 1.54) is 24.3 Å². The lowest BCUT2D eigenvalue weighted by Crippen LogP contribution is -2.19. The fraction of sp³-hybridized carbons (Fsp3) is 0.556. The molecule has 1 N–H and O–H groups in total. The second-order valence-electron chi connectivity index (χ2n) is 6.02. The number of aromatic carboxylic acids is 1. The van der Waals surface area contributed by atoms with Gasteiger partial charge in [0.25, 0.3) is 0 Å². The quantitative estimate of drug-likeness (QED) is 0.680. The highest BCUT2D eigenvalue weighted by atomic mass is 16.5. The van der Waals surface area contributed by atoms with Crippen LogP contribution in [0, 0.1) is 5.92 Å². The van der Waals surface area contributed by atoms with E-state index in [-0.39, 0.29) is 17.6 Å². The molecule has 1 aromatic carbocycles. The van der Waals surface area contributed by atoms with Crippen molar-refractivity contribution in [2.75, 3.05) is 0 Å². The fourth-order valence-corrected chi connectivity index (χ4v) is 2.18. The van der Waals surface area contributed by atoms with Gasteiger partial charge in [0.15, 0.2) is 0 Å². The van der Waals surface area contributed by atoms with E-state index >= 15 is 0 Å². The van der Waals surface area contributed by atoms with E-state index in [9.17, 15) is 9.59 Å². The molecular formula is C18H26O4. The van der Waals surface area contributed by atoms with E-state index in [1.54, 1.807) is 0 Å². The average Bonchev–Trinajstić information content (AvgIpc) is 2.49. The van der Waals surface area contributed by atoms with Crippen LogP contribution in [0.3, 0.4) is 0 Å². The molecule has 22 heavy (non-hydrogen) atoms. The Morgan fingerprint density at radius 2 is 1.64 bits per heavy atom. The number of carboxylic acids is 1. The van der Waals surface area contributed by atoms with Gasteiger partial charge in [0.2, 0.25) is 0 Å². The topological polar surface area (TPSA) is 63.6 Å². The Labute approximate surface area is 132 Å². The number of carbonyl (C=O) groups is 2. The van der Waals surface area contributed by atoms with E-state index in [2.05, 4.69) is 20.8 Å². The summed E-state index contributed by atoms with van der Waals surface area (Å²) in [5, 5.41) is 8.86. The highest BCUT2D eigenvalue weighted by Crippen LogP contribution is 2.17. The monoisotopic (exact) mass is 306 g/mol. The third kappa shape index (κ3) is 6.29. The fourth-order valence-electron chi connectivity index (χ4n) is 2.18. The van der Waals surface area contributed by atoms with Crippen LogP contribution in [-0.4, -0.2) is 23.1 Å². The standard InChI is InChI=1S/C18H26O4/c1-4-5-6-16(12-7-13(2)3)22-18(21)15-10-8-14(9-11-15)17(19)20/h8-11,13,16H,4-7,12H2,1-3H3,(H,19,20). The molecule has 1 rings (SSSR count). The molecule has 0 radical (unpaired) electrons. The molecule has 0 fully saturated rings. The van der Waals surface area contributed by atoms with Crippen LogP contribution in [0.25, 0.3) is 0 Å². The first-order valence-electron chi connectivity index (χ1n) is 7.98. The van der Waals surface area contributed by atoms with Gasteiger partial charge in [0.1, 0.15) is 6.10 Å². The molecule has 4 nitrogen and oxygen atoms in total. The normalized spacial score (nSPS) is 12.2. The predicted octanol–water partition coefficient (Wildman–Crippen LogP) is 4.54. The smallest absolute Gasteiger partial charge is 0.338 e. The number of unbranched alkanes of at least 4 members (excludes halogenated alkanes) is 1. The van der Waals surface area contributed by atoms with Gasteiger partial charge in [0.05, 0.1) is 11.1 Å². The molecule has 1 unspecified atom stereocenters. The lowest BCUT2D eigenvalue weighted by atomic mass is 10.0. The molecule has 0 aliphatic heterocycles. The molecule has 4 heteroatoms. The number of hydrogen-bond acceptors (Lipinski definition) is 3. The first kappa shape index (κ1) is 18.2. The van der Waals surface area contributed by atoms with Gasteiger partial charge in [-0.25, -0.2) is 9.59 Å². The van der Waals surface area contributed by atoms with Crippen molar-refractivity contribution in [2.24, 2.45) is 5.92 Å². The minimum Gasteiger partial charge on any atom is -0.478 e. The Hall–Kier alpha value is -1.84. The Balaban J connectivity index is 2.65. The second-order valence-corrected chi connectivity index (χ2v) is 6.02. The summed E-state index contributed by atoms with van der Waals surface area (Å²) in [6.45, 7) is 6.43. The predicted molar refractivity (Wildman–Crippen MR) is 86.2 cm³/mol. The van der Waals surface area contributed by atoms with Gasteiger partial charge < -0.3 is 9.84 Å². The van der Waals surface area contributed by atoms with E-state index in [0.717, 1.165) is 32.1 Å². The zero-order chi connectivity index (χ0) is 16.5. The largest absolute Gasteiger partial charge is 0.478 e. The number of carbonyl (C=O) groups excluding carboxylic acids is 1. The van der Waals surface area contributed by atoms with Gasteiger partial charge in [0, 0.05) is 0 Å². The van der Waals surface area contributed by atoms with Crippen molar-refractivity contribution < 1.29 is 19.4 Å². The first-order valence-corrected chi connectivity index (χ1v) is 7.98. The number of benzene rings is 1. The number of esters is 1. The van der Waals surface area contributed by atoms with Crippen LogP contribution in [0.5, 0.6) is 0 Å². The second kappa shape index (κ2) is 9.23. The van der Waals surface area contributed by atoms with Crippen LogP contribution in [0.4, 0.5) is 0 Å². The summed E-state index contributed by atoms with van der Waals surface area (Å²) in [6, 6.07) is 5.86. The third-order valence-corrected chi connectivity index (χ3v) is 3.59. The lowest BCUT2D eigenvalue weighted by Gasteiger charge is -2.19. The molecule has 0 spiro atoms. The molecule has 0 saturated carbocycles. The maximum atomic E-state index is 12.2. The van der Waals surface area contributed by atoms with E-state index in [4.69, 9.17) is 9.84 Å². The molecule has 0 aromatic heterocycles. The Morgan fingerprint density at radius 3 is 2.14 bits per heavy atom. The number of rotatable bonds is 9. The average molecular weight is 306 g/mol. The van der Waals surface area contributed by atoms with Gasteiger partial charge in [-0.05, 0) is 49.4 Å². The Bertz CT molecular complexity index is 476. The Morgan fingerprint density at radius 1 is 1.05 bits per heavy atom. The third-order valence-electron chi connectivity index (χ3n) is 3.59. The molecule has 0 bridgehead atoms. The summed E-state index contributed by atoms with van der Waals surface area (Å²) in [4.78, 5) is 23.0. The summed E-state index contributed by atoms with van der Waals surface area (Å²) in [7, 11) is 0. The van der Waals surface area contributed by atoms with Crippen molar-refractivity contribution >= 4 is 11.9 Å². The van der Waals surface area contributed by atoms with Crippen LogP contribution >= 0.6 is 0 Å². The summed E-state index contributed by atoms with van der Waals surface area (Å²) < 4.78 is 5.60. The summed E-state index contributed by atoms with van der Waals surface area (Å²) in [5.41, 5.74) is 0.565. The molecule has 1 atom stereocenters. The minimum atomic E-state index is -1.00. The minimum absolute atomic E-state index is 0.0611. The molecule has 0 heterocycles. The summed E-state index contributed by atoms with van der Waals surface area (Å²) in [6.07, 6.45) is 4.82. The number of hydrogen-bond donors (Lipinski definition) is 1. The first-order chi connectivity index (χ1) is 10.4. The van der Waals surface area contributed by atoms with Crippen molar-refractivity contribution in [1.82, 2.24) is 0 Å². The van der Waals surface area contributed by atoms with Crippen LogP contribution in [-0.2, 0) is 4.74 Å². The van der Waals surface area contributed by atoms with E-state index < -0.39 is 5.97 Å². The lowest BCUT2D eigenvalue weighted by molar-refractivity contribution is 0.0243. The van der Waals surface area contributed by atoms with Crippen molar-refractivity contribution in [3.8, 4) is 0 Å². The molecule has 0 aliphatic rings. The van der Waals surface area contributed by atoms with Crippen molar-refractivity contribution in [3.05, 3.63) is 35.4 Å². The summed E-state index contributed by atoms with van der Waals surface area (Å²) >= 11 is 0. The van der Waals surface area contributed by atoms with Crippen LogP contribution in [0.1, 0.15) is 73.6 Å².